The Bertz CT molecular complexity index is 3180. The van der Waals surface area contributed by atoms with Gasteiger partial charge in [0, 0.05) is 38.1 Å². The zero-order chi connectivity index (χ0) is 31.8. The minimum absolute atomic E-state index is 0.554. The zero-order valence-corrected chi connectivity index (χ0v) is 25.8. The maximum absolute atomic E-state index is 6.54. The minimum Gasteiger partial charge on any atom is -0.455 e. The van der Waals surface area contributed by atoms with Crippen molar-refractivity contribution in [3.05, 3.63) is 133 Å². The summed E-state index contributed by atoms with van der Waals surface area (Å²) in [5.74, 6) is 1.14. The molecule has 226 valence electrons. The van der Waals surface area contributed by atoms with Gasteiger partial charge < -0.3 is 4.42 Å². The predicted molar refractivity (Wildman–Crippen MR) is 196 cm³/mol. The van der Waals surface area contributed by atoms with Gasteiger partial charge in [-0.25, -0.2) is 9.97 Å². The fourth-order valence-electron chi connectivity index (χ4n) is 8.09. The van der Waals surface area contributed by atoms with E-state index in [2.05, 4.69) is 130 Å². The summed E-state index contributed by atoms with van der Waals surface area (Å²) in [5, 5.41) is 7.50. The second kappa shape index (κ2) is 8.93. The molecule has 0 saturated carbocycles. The summed E-state index contributed by atoms with van der Waals surface area (Å²) in [6.07, 6.45) is 0. The first-order chi connectivity index (χ1) is 24.3. The van der Waals surface area contributed by atoms with Crippen LogP contribution >= 0.6 is 0 Å². The van der Waals surface area contributed by atoms with Crippen LogP contribution < -0.4 is 0 Å². The highest BCUT2D eigenvalue weighted by atomic mass is 16.3. The standard InChI is InChI=1S/C42H22N6O/c1-2-15-27-26(14-1)37-36-38(27)44-42(46-40(36)45-41(43-37)47-30-17-7-3-11-23(30)24-12-4-8-18-31(24)47)48-32-19-9-5-16-29(32)35-33(48)22-21-28-25-13-6-10-20-34(25)49-39(28)35/h1-22H. The molecule has 0 atom stereocenters. The van der Waals surface area contributed by atoms with Crippen LogP contribution in [0.15, 0.2) is 138 Å². The van der Waals surface area contributed by atoms with Crippen LogP contribution in [0, 0.1) is 0 Å². The van der Waals surface area contributed by atoms with E-state index in [1.807, 2.05) is 12.1 Å². The summed E-state index contributed by atoms with van der Waals surface area (Å²) in [4.78, 5) is 21.1. The van der Waals surface area contributed by atoms with E-state index in [0.717, 1.165) is 93.5 Å². The van der Waals surface area contributed by atoms with Crippen molar-refractivity contribution >= 4 is 76.6 Å². The topological polar surface area (TPSA) is 74.6 Å². The summed E-state index contributed by atoms with van der Waals surface area (Å²) in [5.41, 5.74) is 10.2. The quantitative estimate of drug-likeness (QED) is 0.191. The van der Waals surface area contributed by atoms with Crippen LogP contribution in [0.3, 0.4) is 0 Å². The van der Waals surface area contributed by atoms with E-state index >= 15 is 0 Å². The van der Waals surface area contributed by atoms with Crippen molar-refractivity contribution in [3.8, 4) is 34.4 Å². The van der Waals surface area contributed by atoms with Gasteiger partial charge in [0.2, 0.25) is 11.9 Å². The predicted octanol–water partition coefficient (Wildman–Crippen LogP) is 10.2. The number of fused-ring (bicyclic) bond motifs is 13. The average Bonchev–Trinajstić information content (AvgIpc) is 3.89. The van der Waals surface area contributed by atoms with Crippen LogP contribution in [0.25, 0.3) is 111 Å². The average molecular weight is 627 g/mol. The Labute approximate surface area is 277 Å². The molecule has 49 heavy (non-hydrogen) atoms. The summed E-state index contributed by atoms with van der Waals surface area (Å²) in [7, 11) is 0. The number of rotatable bonds is 2. The Balaban J connectivity index is 1.21. The Morgan fingerprint density at radius 1 is 0.388 bits per heavy atom. The van der Waals surface area contributed by atoms with Gasteiger partial charge in [-0.2, -0.15) is 9.97 Å². The van der Waals surface area contributed by atoms with Gasteiger partial charge in [0.1, 0.15) is 11.2 Å². The van der Waals surface area contributed by atoms with Crippen molar-refractivity contribution in [1.82, 2.24) is 29.1 Å². The molecular weight excluding hydrogens is 605 g/mol. The lowest BCUT2D eigenvalue weighted by atomic mass is 10.1. The molecule has 11 aromatic rings. The summed E-state index contributed by atoms with van der Waals surface area (Å²) in [6.45, 7) is 0. The second-order valence-corrected chi connectivity index (χ2v) is 12.6. The first-order valence-corrected chi connectivity index (χ1v) is 16.3. The maximum Gasteiger partial charge on any atom is 0.237 e. The number of furan rings is 1. The maximum atomic E-state index is 6.54. The molecule has 7 nitrogen and oxygen atoms in total. The van der Waals surface area contributed by atoms with Crippen LogP contribution in [0.1, 0.15) is 0 Å². The third-order valence-corrected chi connectivity index (χ3v) is 10.1. The number of hydrogen-bond donors (Lipinski definition) is 0. The lowest BCUT2D eigenvalue weighted by molar-refractivity contribution is 0.673. The third-order valence-electron chi connectivity index (χ3n) is 10.1. The van der Waals surface area contributed by atoms with E-state index < -0.39 is 0 Å². The number of benzene rings is 6. The molecular formula is C42H22N6O. The van der Waals surface area contributed by atoms with Gasteiger partial charge >= 0.3 is 0 Å². The van der Waals surface area contributed by atoms with Gasteiger partial charge in [-0.1, -0.05) is 97.1 Å². The highest BCUT2D eigenvalue weighted by Crippen LogP contribution is 2.46. The molecule has 12 rings (SSSR count). The number of hydrogen-bond acceptors (Lipinski definition) is 5. The second-order valence-electron chi connectivity index (χ2n) is 12.6. The Morgan fingerprint density at radius 3 is 1.55 bits per heavy atom. The van der Waals surface area contributed by atoms with Gasteiger partial charge in [-0.3, -0.25) is 9.13 Å². The molecule has 7 heteroatoms. The third kappa shape index (κ3) is 3.16. The fourth-order valence-corrected chi connectivity index (χ4v) is 8.09. The van der Waals surface area contributed by atoms with E-state index in [0.29, 0.717) is 17.5 Å². The Morgan fingerprint density at radius 2 is 0.898 bits per heavy atom. The normalized spacial score (nSPS) is 12.5. The summed E-state index contributed by atoms with van der Waals surface area (Å²) < 4.78 is 10.8. The molecule has 0 N–H and O–H groups in total. The van der Waals surface area contributed by atoms with Gasteiger partial charge in [-0.05, 0) is 36.4 Å². The van der Waals surface area contributed by atoms with E-state index in [1.165, 1.54) is 0 Å². The molecule has 0 amide bonds. The molecule has 5 heterocycles. The van der Waals surface area contributed by atoms with E-state index in [4.69, 9.17) is 24.4 Å². The highest BCUT2D eigenvalue weighted by molar-refractivity contribution is 6.24. The van der Waals surface area contributed by atoms with Crippen molar-refractivity contribution in [2.75, 3.05) is 0 Å². The van der Waals surface area contributed by atoms with Gasteiger partial charge in [-0.15, -0.1) is 0 Å². The van der Waals surface area contributed by atoms with Crippen molar-refractivity contribution in [2.45, 2.75) is 0 Å². The number of nitrogens with zero attached hydrogens (tertiary/aromatic N) is 6. The molecule has 0 spiro atoms. The Hall–Kier alpha value is -6.86. The molecule has 0 saturated heterocycles. The monoisotopic (exact) mass is 626 g/mol. The van der Waals surface area contributed by atoms with Crippen LogP contribution in [0.4, 0.5) is 0 Å². The fraction of sp³-hybridized carbons (Fsp3) is 0. The summed E-state index contributed by atoms with van der Waals surface area (Å²) in [6, 6.07) is 46.1. The highest BCUT2D eigenvalue weighted by Gasteiger charge is 2.29. The van der Waals surface area contributed by atoms with Crippen LogP contribution in [0.5, 0.6) is 0 Å². The van der Waals surface area contributed by atoms with Crippen molar-refractivity contribution in [3.63, 3.8) is 0 Å². The molecule has 0 radical (unpaired) electrons. The molecule has 5 aromatic heterocycles. The number of para-hydroxylation sites is 4. The minimum atomic E-state index is 0.554. The Kier molecular flexibility index (Phi) is 4.60. The lowest BCUT2D eigenvalue weighted by Gasteiger charge is -2.11. The van der Waals surface area contributed by atoms with Crippen LogP contribution in [-0.4, -0.2) is 29.1 Å². The molecule has 0 aliphatic heterocycles. The van der Waals surface area contributed by atoms with Gasteiger partial charge in [0.05, 0.1) is 44.2 Å². The van der Waals surface area contributed by atoms with Crippen LogP contribution in [0.2, 0.25) is 0 Å². The molecule has 6 aromatic carbocycles. The van der Waals surface area contributed by atoms with E-state index in [9.17, 15) is 0 Å². The largest absolute Gasteiger partial charge is 0.455 e. The molecule has 0 bridgehead atoms. The summed E-state index contributed by atoms with van der Waals surface area (Å²) >= 11 is 0. The number of aromatic nitrogens is 6. The van der Waals surface area contributed by atoms with Gasteiger partial charge in [0.25, 0.3) is 0 Å². The van der Waals surface area contributed by atoms with Gasteiger partial charge in [0.15, 0.2) is 5.65 Å². The van der Waals surface area contributed by atoms with E-state index in [-0.39, 0.29) is 0 Å². The first kappa shape index (κ1) is 25.3. The molecule has 1 aliphatic carbocycles. The molecule has 1 aliphatic rings. The van der Waals surface area contributed by atoms with E-state index in [1.54, 1.807) is 0 Å². The van der Waals surface area contributed by atoms with Crippen molar-refractivity contribution in [1.29, 1.82) is 0 Å². The van der Waals surface area contributed by atoms with Crippen LogP contribution in [-0.2, 0) is 0 Å². The smallest absolute Gasteiger partial charge is 0.237 e. The molecule has 0 unspecified atom stereocenters. The molecule has 0 fully saturated rings. The van der Waals surface area contributed by atoms with Crippen molar-refractivity contribution < 1.29 is 4.42 Å². The zero-order valence-electron chi connectivity index (χ0n) is 25.8. The van der Waals surface area contributed by atoms with Crippen molar-refractivity contribution in [2.24, 2.45) is 0 Å². The SMILES string of the molecule is c1ccc2c(c1)-c1nc(-n3c4ccccc4c4ccccc43)nc3nc(-n4c5ccccc5c5c6oc7ccccc7c6ccc54)nc-2c13. The first-order valence-electron chi connectivity index (χ1n) is 16.3. The lowest BCUT2D eigenvalue weighted by Crippen LogP contribution is -2.06.